The Bertz CT molecular complexity index is 435. The fourth-order valence-electron chi connectivity index (χ4n) is 1.94. The highest BCUT2D eigenvalue weighted by molar-refractivity contribution is 7.89. The highest BCUT2D eigenvalue weighted by Gasteiger charge is 2.27. The lowest BCUT2D eigenvalue weighted by Gasteiger charge is -2.29. The van der Waals surface area contributed by atoms with Crippen LogP contribution in [0.25, 0.3) is 0 Å². The van der Waals surface area contributed by atoms with Crippen LogP contribution in [-0.4, -0.2) is 54.7 Å². The number of hydrogen-bond donors (Lipinski definition) is 2. The molecule has 1 amide bonds. The van der Waals surface area contributed by atoms with Gasteiger partial charge in [0.05, 0.1) is 18.2 Å². The van der Waals surface area contributed by atoms with Crippen molar-refractivity contribution in [1.29, 1.82) is 0 Å². The highest BCUT2D eigenvalue weighted by Crippen LogP contribution is 2.07. The number of carbonyl (C=O) groups is 2. The van der Waals surface area contributed by atoms with Gasteiger partial charge in [-0.3, -0.25) is 9.59 Å². The number of amides is 1. The van der Waals surface area contributed by atoms with Crippen LogP contribution in [0.3, 0.4) is 0 Å². The van der Waals surface area contributed by atoms with Gasteiger partial charge in [0.1, 0.15) is 0 Å². The first-order chi connectivity index (χ1) is 9.14. The van der Waals surface area contributed by atoms with Gasteiger partial charge in [0.2, 0.25) is 15.9 Å². The SMILES string of the molecule is CCCS(=O)(=O)NC(C)C(=O)N(CC)C(C)CC(=O)O. The van der Waals surface area contributed by atoms with Crippen LogP contribution in [0.4, 0.5) is 0 Å². The summed E-state index contributed by atoms with van der Waals surface area (Å²) < 4.78 is 25.6. The van der Waals surface area contributed by atoms with E-state index in [-0.39, 0.29) is 12.2 Å². The van der Waals surface area contributed by atoms with Gasteiger partial charge < -0.3 is 10.0 Å². The Morgan fingerprint density at radius 1 is 1.25 bits per heavy atom. The van der Waals surface area contributed by atoms with Gasteiger partial charge >= 0.3 is 5.97 Å². The van der Waals surface area contributed by atoms with Crippen molar-refractivity contribution in [3.63, 3.8) is 0 Å². The molecule has 2 unspecified atom stereocenters. The van der Waals surface area contributed by atoms with Crippen LogP contribution < -0.4 is 4.72 Å². The molecule has 0 heterocycles. The topological polar surface area (TPSA) is 104 Å². The molecule has 0 aliphatic carbocycles. The second-order valence-corrected chi connectivity index (χ2v) is 6.60. The summed E-state index contributed by atoms with van der Waals surface area (Å²) in [6.45, 7) is 6.88. The summed E-state index contributed by atoms with van der Waals surface area (Å²) in [6.07, 6.45) is 0.289. The molecule has 0 aromatic carbocycles. The molecule has 0 aromatic rings. The molecule has 118 valence electrons. The zero-order chi connectivity index (χ0) is 15.9. The van der Waals surface area contributed by atoms with Crippen molar-refractivity contribution in [2.45, 2.75) is 52.6 Å². The Hall–Kier alpha value is -1.15. The fraction of sp³-hybridized carbons (Fsp3) is 0.833. The van der Waals surface area contributed by atoms with Gasteiger partial charge in [0.15, 0.2) is 0 Å². The summed E-state index contributed by atoms with van der Waals surface area (Å²) in [6, 6.07) is -1.38. The van der Waals surface area contributed by atoms with E-state index >= 15 is 0 Å². The smallest absolute Gasteiger partial charge is 0.305 e. The largest absolute Gasteiger partial charge is 0.481 e. The molecule has 0 saturated carbocycles. The average molecular weight is 308 g/mol. The van der Waals surface area contributed by atoms with E-state index in [1.54, 1.807) is 20.8 Å². The first-order valence-electron chi connectivity index (χ1n) is 6.66. The van der Waals surface area contributed by atoms with E-state index in [0.29, 0.717) is 13.0 Å². The number of nitrogens with one attached hydrogen (secondary N) is 1. The number of hydrogen-bond acceptors (Lipinski definition) is 4. The van der Waals surface area contributed by atoms with E-state index in [1.807, 2.05) is 0 Å². The van der Waals surface area contributed by atoms with Crippen LogP contribution in [0.15, 0.2) is 0 Å². The van der Waals surface area contributed by atoms with E-state index in [4.69, 9.17) is 5.11 Å². The fourth-order valence-corrected chi connectivity index (χ4v) is 3.24. The minimum Gasteiger partial charge on any atom is -0.481 e. The number of carboxylic acids is 1. The van der Waals surface area contributed by atoms with E-state index in [2.05, 4.69) is 4.72 Å². The maximum Gasteiger partial charge on any atom is 0.305 e. The number of carbonyl (C=O) groups excluding carboxylic acids is 1. The van der Waals surface area contributed by atoms with Crippen molar-refractivity contribution in [3.05, 3.63) is 0 Å². The lowest BCUT2D eigenvalue weighted by Crippen LogP contribution is -2.50. The van der Waals surface area contributed by atoms with Crippen LogP contribution in [0, 0.1) is 0 Å². The van der Waals surface area contributed by atoms with Gasteiger partial charge in [-0.1, -0.05) is 6.92 Å². The Labute approximate surface area is 120 Å². The van der Waals surface area contributed by atoms with Crippen molar-refractivity contribution in [2.24, 2.45) is 0 Å². The Balaban J connectivity index is 4.80. The second kappa shape index (κ2) is 8.21. The molecule has 0 bridgehead atoms. The number of sulfonamides is 1. The number of likely N-dealkylation sites (N-methyl/N-ethyl adjacent to an activating group) is 1. The summed E-state index contributed by atoms with van der Waals surface area (Å²) in [4.78, 5) is 24.2. The standard InChI is InChI=1S/C12H24N2O5S/c1-5-7-20(18,19)13-10(4)12(17)14(6-2)9(3)8-11(15)16/h9-10,13H,5-8H2,1-4H3,(H,15,16). The van der Waals surface area contributed by atoms with E-state index < -0.39 is 34.0 Å². The maximum atomic E-state index is 12.2. The van der Waals surface area contributed by atoms with Crippen LogP contribution >= 0.6 is 0 Å². The summed E-state index contributed by atoms with van der Waals surface area (Å²) >= 11 is 0. The summed E-state index contributed by atoms with van der Waals surface area (Å²) in [5.74, 6) is -1.45. The average Bonchev–Trinajstić information content (AvgIpc) is 2.27. The number of aliphatic carboxylic acids is 1. The Kier molecular flexibility index (Phi) is 7.74. The molecule has 8 heteroatoms. The molecule has 20 heavy (non-hydrogen) atoms. The van der Waals surface area contributed by atoms with Crippen LogP contribution in [-0.2, 0) is 19.6 Å². The van der Waals surface area contributed by atoms with Gasteiger partial charge in [0, 0.05) is 12.6 Å². The predicted molar refractivity (Wildman–Crippen MR) is 75.8 cm³/mol. The summed E-state index contributed by atoms with van der Waals surface area (Å²) in [7, 11) is -3.48. The third-order valence-corrected chi connectivity index (χ3v) is 4.48. The lowest BCUT2D eigenvalue weighted by atomic mass is 10.1. The molecule has 0 fully saturated rings. The second-order valence-electron chi connectivity index (χ2n) is 4.73. The Morgan fingerprint density at radius 3 is 2.20 bits per heavy atom. The normalized spacial score (nSPS) is 14.6. The minimum atomic E-state index is -3.48. The molecule has 0 aliphatic heterocycles. The Morgan fingerprint density at radius 2 is 1.80 bits per heavy atom. The van der Waals surface area contributed by atoms with Gasteiger partial charge in [-0.2, -0.15) is 0 Å². The van der Waals surface area contributed by atoms with Crippen molar-refractivity contribution in [3.8, 4) is 0 Å². The van der Waals surface area contributed by atoms with Crippen molar-refractivity contribution in [1.82, 2.24) is 9.62 Å². The molecular weight excluding hydrogens is 284 g/mol. The molecular formula is C12H24N2O5S. The number of rotatable bonds is 9. The van der Waals surface area contributed by atoms with Crippen LogP contribution in [0.1, 0.15) is 40.5 Å². The number of carboxylic acid groups (broad SMARTS) is 1. The first-order valence-corrected chi connectivity index (χ1v) is 8.32. The molecule has 0 saturated heterocycles. The van der Waals surface area contributed by atoms with Gasteiger partial charge in [0.25, 0.3) is 0 Å². The van der Waals surface area contributed by atoms with E-state index in [0.717, 1.165) is 0 Å². The van der Waals surface area contributed by atoms with E-state index in [1.165, 1.54) is 11.8 Å². The molecule has 0 aromatic heterocycles. The van der Waals surface area contributed by atoms with Crippen molar-refractivity contribution >= 4 is 21.9 Å². The molecule has 0 radical (unpaired) electrons. The molecule has 2 N–H and O–H groups in total. The van der Waals surface area contributed by atoms with Gasteiger partial charge in [-0.15, -0.1) is 0 Å². The zero-order valence-electron chi connectivity index (χ0n) is 12.4. The van der Waals surface area contributed by atoms with Crippen molar-refractivity contribution in [2.75, 3.05) is 12.3 Å². The van der Waals surface area contributed by atoms with Crippen LogP contribution in [0.5, 0.6) is 0 Å². The summed E-state index contributed by atoms with van der Waals surface area (Å²) in [5, 5.41) is 8.76. The van der Waals surface area contributed by atoms with Crippen LogP contribution in [0.2, 0.25) is 0 Å². The maximum absolute atomic E-state index is 12.2. The molecule has 0 rings (SSSR count). The quantitative estimate of drug-likeness (QED) is 0.642. The first kappa shape index (κ1) is 18.9. The third-order valence-electron chi connectivity index (χ3n) is 2.83. The number of nitrogens with zero attached hydrogens (tertiary/aromatic N) is 1. The van der Waals surface area contributed by atoms with Gasteiger partial charge in [-0.25, -0.2) is 13.1 Å². The molecule has 2 atom stereocenters. The zero-order valence-corrected chi connectivity index (χ0v) is 13.2. The molecule has 0 spiro atoms. The van der Waals surface area contributed by atoms with E-state index in [9.17, 15) is 18.0 Å². The van der Waals surface area contributed by atoms with Crippen molar-refractivity contribution < 1.29 is 23.1 Å². The molecule has 7 nitrogen and oxygen atoms in total. The predicted octanol–water partition coefficient (Wildman–Crippen LogP) is 0.416. The summed E-state index contributed by atoms with van der Waals surface area (Å²) in [5.41, 5.74) is 0. The minimum absolute atomic E-state index is 0.0403. The third kappa shape index (κ3) is 6.33. The lowest BCUT2D eigenvalue weighted by molar-refractivity contribution is -0.140. The molecule has 0 aliphatic rings. The monoisotopic (exact) mass is 308 g/mol. The van der Waals surface area contributed by atoms with Gasteiger partial charge in [-0.05, 0) is 27.2 Å². The highest BCUT2D eigenvalue weighted by atomic mass is 32.2.